The molecule has 0 aliphatic carbocycles. The lowest BCUT2D eigenvalue weighted by molar-refractivity contribution is 0.0646. The van der Waals surface area contributed by atoms with Gasteiger partial charge in [-0.15, -0.1) is 35.3 Å². The highest BCUT2D eigenvalue weighted by atomic mass is 127. The Morgan fingerprint density at radius 3 is 2.62 bits per heavy atom. The van der Waals surface area contributed by atoms with Crippen LogP contribution < -0.4 is 10.6 Å². The number of hydrogen-bond donors (Lipinski definition) is 2. The molecule has 0 spiro atoms. The van der Waals surface area contributed by atoms with Crippen molar-refractivity contribution in [2.75, 3.05) is 26.7 Å². The number of guanidine groups is 1. The summed E-state index contributed by atoms with van der Waals surface area (Å²) in [6.45, 7) is 6.49. The average Bonchev–Trinajstić information content (AvgIpc) is 3.05. The summed E-state index contributed by atoms with van der Waals surface area (Å²) in [5.74, 6) is 0.822. The lowest BCUT2D eigenvalue weighted by atomic mass is 10.1. The van der Waals surface area contributed by atoms with Crippen molar-refractivity contribution >= 4 is 41.3 Å². The van der Waals surface area contributed by atoms with Crippen molar-refractivity contribution in [3.05, 3.63) is 52.0 Å². The Labute approximate surface area is 177 Å². The zero-order valence-corrected chi connectivity index (χ0v) is 18.8. The standard InChI is InChI=1S/C19H28N4OS.HI/c1-15(17-8-5-4-6-9-17)24-13-7-11-21-19(20-3)22-12-10-18-14-25-16(2)23-18;/h4-6,8-9,14-15H,7,10-13H2,1-3H3,(H2,20,21,22);1H. The van der Waals surface area contributed by atoms with E-state index in [1.165, 1.54) is 5.56 Å². The quantitative estimate of drug-likeness (QED) is 0.243. The molecule has 1 unspecified atom stereocenters. The van der Waals surface area contributed by atoms with Gasteiger partial charge in [0.25, 0.3) is 0 Å². The van der Waals surface area contributed by atoms with Crippen molar-refractivity contribution < 1.29 is 4.74 Å². The molecule has 1 atom stereocenters. The molecule has 0 radical (unpaired) electrons. The highest BCUT2D eigenvalue weighted by molar-refractivity contribution is 14.0. The monoisotopic (exact) mass is 488 g/mol. The van der Waals surface area contributed by atoms with Crippen LogP contribution in [0.3, 0.4) is 0 Å². The van der Waals surface area contributed by atoms with E-state index in [0.717, 1.165) is 49.2 Å². The molecule has 2 rings (SSSR count). The molecule has 5 nitrogen and oxygen atoms in total. The van der Waals surface area contributed by atoms with Crippen LogP contribution in [0.4, 0.5) is 0 Å². The van der Waals surface area contributed by atoms with Gasteiger partial charge in [0.2, 0.25) is 0 Å². The van der Waals surface area contributed by atoms with Crippen molar-refractivity contribution in [1.29, 1.82) is 0 Å². The summed E-state index contributed by atoms with van der Waals surface area (Å²) in [7, 11) is 1.79. The molecule has 26 heavy (non-hydrogen) atoms. The second-order valence-electron chi connectivity index (χ2n) is 5.81. The minimum atomic E-state index is 0. The zero-order valence-electron chi connectivity index (χ0n) is 15.7. The number of hydrogen-bond acceptors (Lipinski definition) is 4. The van der Waals surface area contributed by atoms with E-state index in [9.17, 15) is 0 Å². The summed E-state index contributed by atoms with van der Waals surface area (Å²) in [5, 5.41) is 9.85. The third-order valence-corrected chi connectivity index (χ3v) is 4.64. The predicted molar refractivity (Wildman–Crippen MR) is 121 cm³/mol. The Balaban J connectivity index is 0.00000338. The molecule has 0 saturated carbocycles. The normalized spacial score (nSPS) is 12.3. The van der Waals surface area contributed by atoms with E-state index in [1.807, 2.05) is 25.1 Å². The van der Waals surface area contributed by atoms with Gasteiger partial charge < -0.3 is 15.4 Å². The summed E-state index contributed by atoms with van der Waals surface area (Å²) in [6, 6.07) is 10.3. The van der Waals surface area contributed by atoms with Gasteiger partial charge in [-0.25, -0.2) is 4.98 Å². The van der Waals surface area contributed by atoms with Gasteiger partial charge in [-0.05, 0) is 25.8 Å². The van der Waals surface area contributed by atoms with Gasteiger partial charge in [-0.2, -0.15) is 0 Å². The van der Waals surface area contributed by atoms with Gasteiger partial charge in [0.15, 0.2) is 5.96 Å². The van der Waals surface area contributed by atoms with Crippen molar-refractivity contribution in [3.63, 3.8) is 0 Å². The number of aryl methyl sites for hydroxylation is 1. The van der Waals surface area contributed by atoms with Crippen LogP contribution >= 0.6 is 35.3 Å². The first-order valence-corrected chi connectivity index (χ1v) is 9.59. The van der Waals surface area contributed by atoms with Crippen LogP contribution in [0.25, 0.3) is 0 Å². The van der Waals surface area contributed by atoms with Gasteiger partial charge >= 0.3 is 0 Å². The molecule has 144 valence electrons. The first kappa shape index (κ1) is 22.9. The summed E-state index contributed by atoms with van der Waals surface area (Å²) < 4.78 is 5.88. The van der Waals surface area contributed by atoms with Gasteiger partial charge in [-0.3, -0.25) is 4.99 Å². The predicted octanol–water partition coefficient (Wildman–Crippen LogP) is 3.94. The fourth-order valence-corrected chi connectivity index (χ4v) is 3.06. The average molecular weight is 488 g/mol. The number of thiazole rings is 1. The van der Waals surface area contributed by atoms with Gasteiger partial charge in [0, 0.05) is 38.5 Å². The zero-order chi connectivity index (χ0) is 17.9. The smallest absolute Gasteiger partial charge is 0.190 e. The molecule has 0 aliphatic rings. The maximum atomic E-state index is 5.88. The molecule has 0 amide bonds. The fourth-order valence-electron chi connectivity index (χ4n) is 2.41. The van der Waals surface area contributed by atoms with Crippen LogP contribution in [0.1, 0.15) is 35.7 Å². The number of nitrogens with zero attached hydrogens (tertiary/aromatic N) is 2. The van der Waals surface area contributed by atoms with Crippen LogP contribution in [-0.2, 0) is 11.2 Å². The van der Waals surface area contributed by atoms with E-state index < -0.39 is 0 Å². The molecule has 7 heteroatoms. The third kappa shape index (κ3) is 8.46. The van der Waals surface area contributed by atoms with Crippen molar-refractivity contribution in [1.82, 2.24) is 15.6 Å². The number of benzene rings is 1. The lowest BCUT2D eigenvalue weighted by Crippen LogP contribution is -2.39. The van der Waals surface area contributed by atoms with E-state index in [-0.39, 0.29) is 30.1 Å². The van der Waals surface area contributed by atoms with E-state index in [4.69, 9.17) is 4.74 Å². The number of halogens is 1. The third-order valence-electron chi connectivity index (χ3n) is 3.81. The highest BCUT2D eigenvalue weighted by Gasteiger charge is 2.04. The maximum absolute atomic E-state index is 5.88. The van der Waals surface area contributed by atoms with Crippen LogP contribution in [0.15, 0.2) is 40.7 Å². The van der Waals surface area contributed by atoms with Crippen LogP contribution in [-0.4, -0.2) is 37.7 Å². The minimum absolute atomic E-state index is 0. The second-order valence-corrected chi connectivity index (χ2v) is 6.87. The maximum Gasteiger partial charge on any atom is 0.190 e. The van der Waals surface area contributed by atoms with Crippen LogP contribution in [0, 0.1) is 6.92 Å². The summed E-state index contributed by atoms with van der Waals surface area (Å²) in [6.07, 6.45) is 1.96. The van der Waals surface area contributed by atoms with E-state index >= 15 is 0 Å². The molecule has 0 aliphatic heterocycles. The molecule has 1 heterocycles. The number of aromatic nitrogens is 1. The molecule has 0 fully saturated rings. The van der Waals surface area contributed by atoms with Crippen LogP contribution in [0.2, 0.25) is 0 Å². The van der Waals surface area contributed by atoms with Gasteiger partial charge in [0.1, 0.15) is 0 Å². The Hall–Kier alpha value is -1.19. The lowest BCUT2D eigenvalue weighted by Gasteiger charge is -2.14. The largest absolute Gasteiger partial charge is 0.374 e. The topological polar surface area (TPSA) is 58.5 Å². The van der Waals surface area contributed by atoms with E-state index in [1.54, 1.807) is 18.4 Å². The fraction of sp³-hybridized carbons (Fsp3) is 0.474. The molecule has 1 aromatic heterocycles. The first-order valence-electron chi connectivity index (χ1n) is 8.71. The molecule has 1 aromatic carbocycles. The Kier molecular flexibility index (Phi) is 11.5. The number of nitrogens with one attached hydrogen (secondary N) is 2. The Bertz CT molecular complexity index is 648. The Morgan fingerprint density at radius 2 is 1.96 bits per heavy atom. The highest BCUT2D eigenvalue weighted by Crippen LogP contribution is 2.15. The van der Waals surface area contributed by atoms with E-state index in [0.29, 0.717) is 0 Å². The Morgan fingerprint density at radius 1 is 1.23 bits per heavy atom. The number of aliphatic imine (C=N–C) groups is 1. The van der Waals surface area contributed by atoms with Gasteiger partial charge in [0.05, 0.1) is 16.8 Å². The molecule has 2 N–H and O–H groups in total. The molecular formula is C19H29IN4OS. The summed E-state index contributed by atoms with van der Waals surface area (Å²) in [4.78, 5) is 8.70. The van der Waals surface area contributed by atoms with Gasteiger partial charge in [-0.1, -0.05) is 30.3 Å². The number of rotatable bonds is 9. The minimum Gasteiger partial charge on any atom is -0.374 e. The van der Waals surface area contributed by atoms with Crippen LogP contribution in [0.5, 0.6) is 0 Å². The SMILES string of the molecule is CN=C(NCCCOC(C)c1ccccc1)NCCc1csc(C)n1.I. The second kappa shape index (κ2) is 13.1. The van der Waals surface area contributed by atoms with E-state index in [2.05, 4.69) is 45.0 Å². The molecule has 0 bridgehead atoms. The molecule has 2 aromatic rings. The first-order chi connectivity index (χ1) is 12.2. The number of ether oxygens (including phenoxy) is 1. The van der Waals surface area contributed by atoms with Crippen molar-refractivity contribution in [3.8, 4) is 0 Å². The summed E-state index contributed by atoms with van der Waals surface area (Å²) >= 11 is 1.69. The molecular weight excluding hydrogens is 459 g/mol. The summed E-state index contributed by atoms with van der Waals surface area (Å²) in [5.41, 5.74) is 2.35. The van der Waals surface area contributed by atoms with Crippen molar-refractivity contribution in [2.45, 2.75) is 32.8 Å². The van der Waals surface area contributed by atoms with Crippen molar-refractivity contribution in [2.24, 2.45) is 4.99 Å². The molecule has 0 saturated heterocycles.